The van der Waals surface area contributed by atoms with E-state index in [0.29, 0.717) is 16.2 Å². The highest BCUT2D eigenvalue weighted by molar-refractivity contribution is 7.89. The molecule has 0 heterocycles. The molecule has 0 saturated carbocycles. The van der Waals surface area contributed by atoms with Crippen LogP contribution in [0.1, 0.15) is 6.92 Å². The van der Waals surface area contributed by atoms with Gasteiger partial charge < -0.3 is 4.74 Å². The van der Waals surface area contributed by atoms with Gasteiger partial charge in [0.05, 0.1) is 0 Å². The molecule has 0 amide bonds. The lowest BCUT2D eigenvalue weighted by Gasteiger charge is -2.19. The van der Waals surface area contributed by atoms with Crippen LogP contribution in [-0.2, 0) is 25.0 Å². The lowest BCUT2D eigenvalue weighted by molar-refractivity contribution is -0.130. The molecule has 0 fully saturated rings. The zero-order valence-electron chi connectivity index (χ0n) is 15.4. The van der Waals surface area contributed by atoms with Gasteiger partial charge in [-0.25, -0.2) is 4.79 Å². The van der Waals surface area contributed by atoms with Crippen LogP contribution < -0.4 is 4.74 Å². The van der Waals surface area contributed by atoms with E-state index in [1.807, 2.05) is 0 Å². The molecular formula is C20H14O8S2. The molecule has 8 nitrogen and oxygen atoms in total. The minimum absolute atomic E-state index is 0.0731. The number of carbonyl (C=O) groups excluding carboxylic acids is 1. The Balaban J connectivity index is 2.38. The fourth-order valence-corrected chi connectivity index (χ4v) is 5.72. The Hall–Kier alpha value is -3.05. The molecule has 10 heteroatoms. The van der Waals surface area contributed by atoms with E-state index in [1.165, 1.54) is 19.1 Å². The number of carbonyl (C=O) groups is 1. The largest absolute Gasteiger partial charge is 0.421 e. The summed E-state index contributed by atoms with van der Waals surface area (Å²) in [7, 11) is -10.4. The smallest absolute Gasteiger partial charge is 0.338 e. The maximum atomic E-state index is 12.2. The molecule has 4 rings (SSSR count). The first-order valence-electron chi connectivity index (χ1n) is 8.47. The molecule has 0 atom stereocenters. The first kappa shape index (κ1) is 20.2. The maximum absolute atomic E-state index is 12.2. The van der Waals surface area contributed by atoms with Gasteiger partial charge in [0.2, 0.25) is 0 Å². The van der Waals surface area contributed by atoms with E-state index in [-0.39, 0.29) is 21.7 Å². The van der Waals surface area contributed by atoms with Crippen molar-refractivity contribution in [2.45, 2.75) is 16.7 Å². The van der Waals surface area contributed by atoms with Crippen LogP contribution in [-0.4, -0.2) is 31.9 Å². The summed E-state index contributed by atoms with van der Waals surface area (Å²) in [4.78, 5) is 9.92. The first-order valence-corrected chi connectivity index (χ1v) is 11.4. The predicted octanol–water partition coefficient (Wildman–Crippen LogP) is 3.56. The van der Waals surface area contributed by atoms with Crippen LogP contribution in [0.2, 0.25) is 0 Å². The minimum atomic E-state index is -5.26. The third-order valence-electron chi connectivity index (χ3n) is 4.74. The Labute approximate surface area is 171 Å². The SMILES string of the molecule is C=C(C)C(=O)Oc1c(S(=O)(=O)O)c(S(=O)(=O)O)c2ccc3cccc4ccc1c2c43. The monoisotopic (exact) mass is 446 g/mol. The zero-order valence-corrected chi connectivity index (χ0v) is 17.0. The van der Waals surface area contributed by atoms with Crippen LogP contribution >= 0.6 is 0 Å². The molecule has 0 aliphatic heterocycles. The van der Waals surface area contributed by atoms with E-state index >= 15 is 0 Å². The van der Waals surface area contributed by atoms with Gasteiger partial charge in [0.1, 0.15) is 4.90 Å². The van der Waals surface area contributed by atoms with Crippen LogP contribution in [0.15, 0.2) is 64.4 Å². The molecule has 4 aromatic rings. The fraction of sp³-hybridized carbons (Fsp3) is 0.0500. The van der Waals surface area contributed by atoms with Crippen molar-refractivity contribution < 1.29 is 35.5 Å². The van der Waals surface area contributed by atoms with Gasteiger partial charge in [-0.1, -0.05) is 43.0 Å². The fourth-order valence-electron chi connectivity index (χ4n) is 3.58. The number of ether oxygens (including phenoxy) is 1. The second-order valence-electron chi connectivity index (χ2n) is 6.79. The summed E-state index contributed by atoms with van der Waals surface area (Å²) in [6.07, 6.45) is 0. The van der Waals surface area contributed by atoms with Gasteiger partial charge in [-0.05, 0) is 29.1 Å². The van der Waals surface area contributed by atoms with Crippen molar-refractivity contribution in [1.82, 2.24) is 0 Å². The average Bonchev–Trinajstić information content (AvgIpc) is 2.64. The summed E-state index contributed by atoms with van der Waals surface area (Å²) in [5.74, 6) is -1.74. The Kier molecular flexibility index (Phi) is 4.37. The molecule has 0 spiro atoms. The highest BCUT2D eigenvalue weighted by Gasteiger charge is 2.34. The lowest BCUT2D eigenvalue weighted by atomic mass is 9.94. The molecule has 0 unspecified atom stereocenters. The molecular weight excluding hydrogens is 432 g/mol. The van der Waals surface area contributed by atoms with Gasteiger partial charge >= 0.3 is 5.97 Å². The maximum Gasteiger partial charge on any atom is 0.338 e. The molecule has 0 saturated heterocycles. The summed E-state index contributed by atoms with van der Waals surface area (Å²) in [6.45, 7) is 4.74. The van der Waals surface area contributed by atoms with E-state index in [0.717, 1.165) is 0 Å². The number of hydrogen-bond acceptors (Lipinski definition) is 6. The van der Waals surface area contributed by atoms with Crippen LogP contribution in [0.5, 0.6) is 5.75 Å². The van der Waals surface area contributed by atoms with Crippen LogP contribution in [0, 0.1) is 0 Å². The predicted molar refractivity (Wildman–Crippen MR) is 110 cm³/mol. The van der Waals surface area contributed by atoms with Crippen LogP contribution in [0.25, 0.3) is 32.3 Å². The Morgan fingerprint density at radius 2 is 1.37 bits per heavy atom. The van der Waals surface area contributed by atoms with Gasteiger partial charge in [0, 0.05) is 21.7 Å². The van der Waals surface area contributed by atoms with Gasteiger partial charge in [0.15, 0.2) is 10.6 Å². The first-order chi connectivity index (χ1) is 13.9. The van der Waals surface area contributed by atoms with Gasteiger partial charge in [0.25, 0.3) is 20.2 Å². The molecule has 4 aromatic carbocycles. The summed E-state index contributed by atoms with van der Waals surface area (Å²) in [6, 6.07) is 11.3. The van der Waals surface area contributed by atoms with Gasteiger partial charge in [-0.3, -0.25) is 9.11 Å². The summed E-state index contributed by atoms with van der Waals surface area (Å²) in [5.41, 5.74) is -0.0876. The minimum Gasteiger partial charge on any atom is -0.421 e. The normalized spacial score (nSPS) is 12.6. The number of hydrogen-bond donors (Lipinski definition) is 2. The molecule has 0 aliphatic carbocycles. The van der Waals surface area contributed by atoms with Crippen LogP contribution in [0.3, 0.4) is 0 Å². The molecule has 0 aliphatic rings. The zero-order chi connectivity index (χ0) is 22.0. The topological polar surface area (TPSA) is 135 Å². The van der Waals surface area contributed by atoms with Crippen molar-refractivity contribution in [2.24, 2.45) is 0 Å². The third-order valence-corrected chi connectivity index (χ3v) is 6.71. The van der Waals surface area contributed by atoms with Crippen molar-refractivity contribution in [3.63, 3.8) is 0 Å². The van der Waals surface area contributed by atoms with Gasteiger partial charge in [-0.2, -0.15) is 16.8 Å². The Bertz CT molecular complexity index is 1580. The van der Waals surface area contributed by atoms with E-state index in [9.17, 15) is 30.7 Å². The molecule has 0 aromatic heterocycles. The van der Waals surface area contributed by atoms with E-state index < -0.39 is 41.7 Å². The van der Waals surface area contributed by atoms with E-state index in [4.69, 9.17) is 4.74 Å². The standard InChI is InChI=1S/C20H14O8S2/c1-10(2)20(21)28-17-13-8-6-11-4-3-5-12-7-9-14(16(13)15(11)12)18(29(22,23)24)19(17)30(25,26)27/h3-9H,1H2,2H3,(H,22,23,24)(H,25,26,27). The Morgan fingerprint density at radius 3 is 1.87 bits per heavy atom. The second kappa shape index (κ2) is 6.47. The summed E-state index contributed by atoms with van der Waals surface area (Å²) in [5, 5.41) is 2.19. The average molecular weight is 446 g/mol. The van der Waals surface area contributed by atoms with Crippen molar-refractivity contribution in [1.29, 1.82) is 0 Å². The molecule has 0 radical (unpaired) electrons. The van der Waals surface area contributed by atoms with Crippen molar-refractivity contribution in [3.05, 3.63) is 54.6 Å². The quantitative estimate of drug-likeness (QED) is 0.160. The molecule has 0 bridgehead atoms. The number of rotatable bonds is 4. The summed E-state index contributed by atoms with van der Waals surface area (Å²) >= 11 is 0. The summed E-state index contributed by atoms with van der Waals surface area (Å²) < 4.78 is 73.8. The highest BCUT2D eigenvalue weighted by atomic mass is 32.2. The van der Waals surface area contributed by atoms with Crippen LogP contribution in [0.4, 0.5) is 0 Å². The van der Waals surface area contributed by atoms with E-state index in [2.05, 4.69) is 6.58 Å². The number of esters is 1. The highest BCUT2D eigenvalue weighted by Crippen LogP contribution is 2.46. The number of benzene rings is 4. The Morgan fingerprint density at radius 1 is 0.833 bits per heavy atom. The second-order valence-corrected chi connectivity index (χ2v) is 9.50. The molecule has 154 valence electrons. The van der Waals surface area contributed by atoms with Crippen molar-refractivity contribution >= 4 is 58.5 Å². The molecule has 30 heavy (non-hydrogen) atoms. The lowest BCUT2D eigenvalue weighted by Crippen LogP contribution is -2.16. The van der Waals surface area contributed by atoms with Gasteiger partial charge in [-0.15, -0.1) is 0 Å². The van der Waals surface area contributed by atoms with Crippen molar-refractivity contribution in [2.75, 3.05) is 0 Å². The third kappa shape index (κ3) is 3.01. The van der Waals surface area contributed by atoms with Crippen molar-refractivity contribution in [3.8, 4) is 5.75 Å². The van der Waals surface area contributed by atoms with E-state index in [1.54, 1.807) is 30.3 Å². The molecule has 2 N–H and O–H groups in total.